The molecule has 90 valence electrons. The number of hydrogen-bond donors (Lipinski definition) is 0. The van der Waals surface area contributed by atoms with Crippen LogP contribution in [0.5, 0.6) is 0 Å². The molecule has 3 nitrogen and oxygen atoms in total. The minimum atomic E-state index is 0.691. The van der Waals surface area contributed by atoms with E-state index >= 15 is 0 Å². The number of benzene rings is 1. The molecule has 0 spiro atoms. The molecule has 0 fully saturated rings. The van der Waals surface area contributed by atoms with Gasteiger partial charge in [0.1, 0.15) is 0 Å². The molecule has 1 aliphatic rings. The molecule has 1 aromatic heterocycles. The van der Waals surface area contributed by atoms with Crippen molar-refractivity contribution >= 4 is 0 Å². The molecule has 0 N–H and O–H groups in total. The summed E-state index contributed by atoms with van der Waals surface area (Å²) < 4.78 is 2.05. The minimum Gasteiger partial charge on any atom is -0.237 e. The van der Waals surface area contributed by atoms with Crippen LogP contribution < -0.4 is 0 Å². The molecule has 1 heterocycles. The van der Waals surface area contributed by atoms with Crippen LogP contribution in [-0.2, 0) is 12.8 Å². The topological polar surface area (TPSA) is 41.6 Å². The van der Waals surface area contributed by atoms with Crippen LogP contribution in [-0.4, -0.2) is 9.78 Å². The highest BCUT2D eigenvalue weighted by molar-refractivity contribution is 5.42. The maximum absolute atomic E-state index is 8.82. The highest BCUT2D eigenvalue weighted by atomic mass is 15.3. The van der Waals surface area contributed by atoms with Gasteiger partial charge < -0.3 is 0 Å². The third kappa shape index (κ3) is 1.70. The van der Waals surface area contributed by atoms with Crippen LogP contribution in [0.2, 0.25) is 0 Å². The molecule has 1 aromatic carbocycles. The summed E-state index contributed by atoms with van der Waals surface area (Å²) in [6, 6.07) is 9.79. The van der Waals surface area contributed by atoms with Gasteiger partial charge >= 0.3 is 0 Å². The van der Waals surface area contributed by atoms with E-state index in [1.807, 2.05) is 28.9 Å². The molecule has 18 heavy (non-hydrogen) atoms. The van der Waals surface area contributed by atoms with Gasteiger partial charge in [0, 0.05) is 5.69 Å². The van der Waals surface area contributed by atoms with E-state index in [4.69, 9.17) is 5.26 Å². The average molecular weight is 237 g/mol. The van der Waals surface area contributed by atoms with Gasteiger partial charge in [-0.15, -0.1) is 0 Å². The molecule has 0 aliphatic heterocycles. The Hall–Kier alpha value is -2.08. The smallest absolute Gasteiger partial charge is 0.0991 e. The highest BCUT2D eigenvalue weighted by Crippen LogP contribution is 2.26. The second-order valence-corrected chi connectivity index (χ2v) is 4.79. The first-order chi connectivity index (χ1) is 8.79. The summed E-state index contributed by atoms with van der Waals surface area (Å²) in [5, 5.41) is 13.5. The number of nitriles is 1. The second-order valence-electron chi connectivity index (χ2n) is 4.79. The third-order valence-corrected chi connectivity index (χ3v) is 3.62. The van der Waals surface area contributed by atoms with E-state index in [1.165, 1.54) is 24.1 Å². The Kier molecular flexibility index (Phi) is 2.64. The number of aromatic nitrogens is 2. The summed E-state index contributed by atoms with van der Waals surface area (Å²) in [6.45, 7) is 2.09. The fourth-order valence-electron chi connectivity index (χ4n) is 2.67. The summed E-state index contributed by atoms with van der Waals surface area (Å²) in [7, 11) is 0. The van der Waals surface area contributed by atoms with Crippen molar-refractivity contribution in [2.45, 2.75) is 32.6 Å². The van der Waals surface area contributed by atoms with E-state index in [1.54, 1.807) is 0 Å². The van der Waals surface area contributed by atoms with Gasteiger partial charge in [-0.25, -0.2) is 4.68 Å². The molecule has 3 rings (SSSR count). The highest BCUT2D eigenvalue weighted by Gasteiger charge is 2.19. The number of fused-ring (bicyclic) bond motifs is 1. The second kappa shape index (κ2) is 4.30. The Morgan fingerprint density at radius 2 is 1.89 bits per heavy atom. The molecule has 0 saturated heterocycles. The zero-order valence-electron chi connectivity index (χ0n) is 10.5. The van der Waals surface area contributed by atoms with Crippen molar-refractivity contribution in [2.24, 2.45) is 0 Å². The molecule has 0 bridgehead atoms. The molecule has 3 heteroatoms. The van der Waals surface area contributed by atoms with Crippen LogP contribution in [0.15, 0.2) is 24.3 Å². The number of hydrogen-bond acceptors (Lipinski definition) is 2. The van der Waals surface area contributed by atoms with Crippen molar-refractivity contribution in [1.82, 2.24) is 9.78 Å². The quantitative estimate of drug-likeness (QED) is 0.765. The van der Waals surface area contributed by atoms with Crippen molar-refractivity contribution in [1.29, 1.82) is 5.26 Å². The SMILES string of the molecule is Cc1nn(-c2ccc(C#N)cc2)c2c1CCCC2. The number of nitrogens with zero attached hydrogens (tertiary/aromatic N) is 3. The summed E-state index contributed by atoms with van der Waals surface area (Å²) in [4.78, 5) is 0. The minimum absolute atomic E-state index is 0.691. The number of aryl methyl sites for hydroxylation is 1. The van der Waals surface area contributed by atoms with Crippen LogP contribution in [0.1, 0.15) is 35.4 Å². The lowest BCUT2D eigenvalue weighted by Crippen LogP contribution is -2.07. The van der Waals surface area contributed by atoms with Crippen molar-refractivity contribution in [3.8, 4) is 11.8 Å². The maximum Gasteiger partial charge on any atom is 0.0991 e. The van der Waals surface area contributed by atoms with Gasteiger partial charge in [0.05, 0.1) is 23.0 Å². The number of rotatable bonds is 1. The van der Waals surface area contributed by atoms with Crippen LogP contribution >= 0.6 is 0 Å². The first-order valence-electron chi connectivity index (χ1n) is 6.37. The summed E-state index contributed by atoms with van der Waals surface area (Å²) in [5.74, 6) is 0. The molecule has 0 amide bonds. The average Bonchev–Trinajstić information content (AvgIpc) is 2.77. The Bertz CT molecular complexity index is 614. The van der Waals surface area contributed by atoms with Crippen LogP contribution in [0, 0.1) is 18.3 Å². The van der Waals surface area contributed by atoms with Crippen LogP contribution in [0.3, 0.4) is 0 Å². The fraction of sp³-hybridized carbons (Fsp3) is 0.333. The molecule has 1 aliphatic carbocycles. The van der Waals surface area contributed by atoms with E-state index in [0.717, 1.165) is 24.2 Å². The van der Waals surface area contributed by atoms with E-state index in [2.05, 4.69) is 18.1 Å². The van der Waals surface area contributed by atoms with E-state index in [9.17, 15) is 0 Å². The largest absolute Gasteiger partial charge is 0.237 e. The van der Waals surface area contributed by atoms with Crippen LogP contribution in [0.25, 0.3) is 5.69 Å². The van der Waals surface area contributed by atoms with E-state index in [-0.39, 0.29) is 0 Å². The Morgan fingerprint density at radius 3 is 2.61 bits per heavy atom. The van der Waals surface area contributed by atoms with Gasteiger partial charge in [-0.1, -0.05) is 0 Å². The lowest BCUT2D eigenvalue weighted by Gasteiger charge is -2.14. The van der Waals surface area contributed by atoms with Crippen molar-refractivity contribution in [2.75, 3.05) is 0 Å². The lowest BCUT2D eigenvalue weighted by atomic mass is 9.96. The van der Waals surface area contributed by atoms with E-state index in [0.29, 0.717) is 5.56 Å². The van der Waals surface area contributed by atoms with Gasteiger partial charge in [0.15, 0.2) is 0 Å². The maximum atomic E-state index is 8.82. The van der Waals surface area contributed by atoms with Crippen molar-refractivity contribution in [3.05, 3.63) is 46.8 Å². The zero-order chi connectivity index (χ0) is 12.5. The van der Waals surface area contributed by atoms with Gasteiger partial charge in [0.25, 0.3) is 0 Å². The normalized spacial score (nSPS) is 14.0. The molecular formula is C15H15N3. The predicted octanol–water partition coefficient (Wildman–Crippen LogP) is 2.93. The van der Waals surface area contributed by atoms with Gasteiger partial charge in [-0.2, -0.15) is 10.4 Å². The third-order valence-electron chi connectivity index (χ3n) is 3.62. The fourth-order valence-corrected chi connectivity index (χ4v) is 2.67. The van der Waals surface area contributed by atoms with Crippen molar-refractivity contribution < 1.29 is 0 Å². The molecule has 0 radical (unpaired) electrons. The summed E-state index contributed by atoms with van der Waals surface area (Å²) in [5.41, 5.74) is 5.67. The Morgan fingerprint density at radius 1 is 1.17 bits per heavy atom. The first-order valence-corrected chi connectivity index (χ1v) is 6.37. The van der Waals surface area contributed by atoms with Gasteiger partial charge in [-0.3, -0.25) is 0 Å². The van der Waals surface area contributed by atoms with Gasteiger partial charge in [0.2, 0.25) is 0 Å². The molecule has 0 atom stereocenters. The summed E-state index contributed by atoms with van der Waals surface area (Å²) in [6.07, 6.45) is 4.77. The van der Waals surface area contributed by atoms with Crippen LogP contribution in [0.4, 0.5) is 0 Å². The molecule has 0 unspecified atom stereocenters. The van der Waals surface area contributed by atoms with E-state index < -0.39 is 0 Å². The van der Waals surface area contributed by atoms with Crippen molar-refractivity contribution in [3.63, 3.8) is 0 Å². The molecule has 2 aromatic rings. The lowest BCUT2D eigenvalue weighted by molar-refractivity contribution is 0.653. The monoisotopic (exact) mass is 237 g/mol. The Labute approximate surface area is 107 Å². The predicted molar refractivity (Wildman–Crippen MR) is 69.7 cm³/mol. The molecular weight excluding hydrogens is 222 g/mol. The molecule has 0 saturated carbocycles. The van der Waals surface area contributed by atoms with Gasteiger partial charge in [-0.05, 0) is 62.4 Å². The first kappa shape index (κ1) is 11.0. The summed E-state index contributed by atoms with van der Waals surface area (Å²) >= 11 is 0. The standard InChI is InChI=1S/C15H15N3/c1-11-14-4-2-3-5-15(14)18(17-11)13-8-6-12(10-16)7-9-13/h6-9H,2-5H2,1H3. The zero-order valence-corrected chi connectivity index (χ0v) is 10.5. The Balaban J connectivity index is 2.08.